The third-order valence-corrected chi connectivity index (χ3v) is 5.06. The van der Waals surface area contributed by atoms with Gasteiger partial charge in [-0.25, -0.2) is 4.68 Å². The van der Waals surface area contributed by atoms with E-state index in [4.69, 9.17) is 4.74 Å². The van der Waals surface area contributed by atoms with Crippen molar-refractivity contribution in [3.8, 4) is 5.88 Å². The molecule has 2 aliphatic rings. The molecule has 0 bridgehead atoms. The van der Waals surface area contributed by atoms with Gasteiger partial charge < -0.3 is 15.4 Å². The first kappa shape index (κ1) is 16.8. The lowest BCUT2D eigenvalue weighted by Crippen LogP contribution is -2.62. The SMILES string of the molecule is CC1(C)CC(NC(=O)c2nn3c(c2Br)OCCC3)CC(C)(C)N1. The minimum atomic E-state index is -0.138. The molecule has 0 unspecified atom stereocenters. The fourth-order valence-electron chi connectivity index (χ4n) is 3.92. The van der Waals surface area contributed by atoms with Gasteiger partial charge in [0.25, 0.3) is 5.91 Å². The number of amides is 1. The first-order valence-electron chi connectivity index (χ1n) is 8.16. The molecule has 3 heterocycles. The van der Waals surface area contributed by atoms with Crippen molar-refractivity contribution in [2.24, 2.45) is 0 Å². The van der Waals surface area contributed by atoms with Crippen LogP contribution in [0.2, 0.25) is 0 Å². The summed E-state index contributed by atoms with van der Waals surface area (Å²) in [4.78, 5) is 12.7. The molecule has 3 rings (SSSR count). The van der Waals surface area contributed by atoms with Gasteiger partial charge >= 0.3 is 0 Å². The molecule has 6 nitrogen and oxygen atoms in total. The highest BCUT2D eigenvalue weighted by molar-refractivity contribution is 9.10. The van der Waals surface area contributed by atoms with Gasteiger partial charge in [0, 0.05) is 30.1 Å². The molecule has 0 atom stereocenters. The van der Waals surface area contributed by atoms with Crippen LogP contribution in [0.25, 0.3) is 0 Å². The molecule has 1 aromatic rings. The van der Waals surface area contributed by atoms with E-state index in [1.165, 1.54) is 0 Å². The predicted octanol–water partition coefficient (Wildman–Crippen LogP) is 2.47. The van der Waals surface area contributed by atoms with Crippen LogP contribution in [-0.4, -0.2) is 39.4 Å². The number of halogens is 1. The van der Waals surface area contributed by atoms with Crippen LogP contribution >= 0.6 is 15.9 Å². The minimum Gasteiger partial charge on any atom is -0.477 e. The topological polar surface area (TPSA) is 68.2 Å². The van der Waals surface area contributed by atoms with E-state index < -0.39 is 0 Å². The fourth-order valence-corrected chi connectivity index (χ4v) is 4.50. The molecule has 1 aromatic heterocycles. The standard InChI is InChI=1S/C16H25BrN4O2/c1-15(2)8-10(9-16(3,4)20-15)18-13(22)12-11(17)14-21(19-12)6-5-7-23-14/h10,20H,5-9H2,1-4H3,(H,18,22). The molecule has 1 saturated heterocycles. The molecule has 0 aliphatic carbocycles. The maximum absolute atomic E-state index is 12.7. The molecule has 0 radical (unpaired) electrons. The number of piperidine rings is 1. The van der Waals surface area contributed by atoms with Gasteiger partial charge in [-0.15, -0.1) is 0 Å². The Morgan fingerprint density at radius 1 is 1.35 bits per heavy atom. The largest absolute Gasteiger partial charge is 0.477 e. The lowest BCUT2D eigenvalue weighted by Gasteiger charge is -2.46. The number of carbonyl (C=O) groups excluding carboxylic acids is 1. The van der Waals surface area contributed by atoms with Crippen LogP contribution in [0.4, 0.5) is 0 Å². The van der Waals surface area contributed by atoms with Crippen molar-refractivity contribution < 1.29 is 9.53 Å². The van der Waals surface area contributed by atoms with Crippen LogP contribution in [0.3, 0.4) is 0 Å². The molecule has 7 heteroatoms. The van der Waals surface area contributed by atoms with Crippen molar-refractivity contribution in [1.82, 2.24) is 20.4 Å². The zero-order valence-electron chi connectivity index (χ0n) is 14.2. The maximum Gasteiger partial charge on any atom is 0.273 e. The number of rotatable bonds is 2. The molecule has 128 valence electrons. The summed E-state index contributed by atoms with van der Waals surface area (Å²) in [6.45, 7) is 10.1. The third kappa shape index (κ3) is 3.55. The summed E-state index contributed by atoms with van der Waals surface area (Å²) in [5, 5.41) is 11.2. The summed E-state index contributed by atoms with van der Waals surface area (Å²) < 4.78 is 8.02. The zero-order chi connectivity index (χ0) is 16.8. The smallest absolute Gasteiger partial charge is 0.273 e. The average Bonchev–Trinajstić information content (AvgIpc) is 2.73. The zero-order valence-corrected chi connectivity index (χ0v) is 15.8. The van der Waals surface area contributed by atoms with E-state index in [0.29, 0.717) is 22.7 Å². The number of aryl methyl sites for hydroxylation is 1. The Balaban J connectivity index is 1.76. The van der Waals surface area contributed by atoms with Crippen LogP contribution in [0.1, 0.15) is 57.4 Å². The molecule has 23 heavy (non-hydrogen) atoms. The fraction of sp³-hybridized carbons (Fsp3) is 0.750. The number of nitrogens with one attached hydrogen (secondary N) is 2. The molecule has 2 aliphatic heterocycles. The lowest BCUT2D eigenvalue weighted by molar-refractivity contribution is 0.0866. The van der Waals surface area contributed by atoms with E-state index in [-0.39, 0.29) is 23.0 Å². The van der Waals surface area contributed by atoms with Gasteiger partial charge in [-0.2, -0.15) is 5.10 Å². The Kier molecular flexibility index (Phi) is 4.21. The molecule has 0 saturated carbocycles. The summed E-state index contributed by atoms with van der Waals surface area (Å²) in [6.07, 6.45) is 2.70. The van der Waals surface area contributed by atoms with Crippen molar-refractivity contribution >= 4 is 21.8 Å². The Morgan fingerprint density at radius 2 is 2.00 bits per heavy atom. The molecule has 0 aromatic carbocycles. The minimum absolute atomic E-state index is 0.00647. The number of fused-ring (bicyclic) bond motifs is 1. The van der Waals surface area contributed by atoms with E-state index in [1.807, 2.05) is 0 Å². The number of aromatic nitrogens is 2. The Bertz CT molecular complexity index is 608. The van der Waals surface area contributed by atoms with Crippen LogP contribution in [-0.2, 0) is 6.54 Å². The lowest BCUT2D eigenvalue weighted by atomic mass is 9.79. The van der Waals surface area contributed by atoms with E-state index in [9.17, 15) is 4.79 Å². The van der Waals surface area contributed by atoms with Gasteiger partial charge in [-0.3, -0.25) is 4.79 Å². The summed E-state index contributed by atoms with van der Waals surface area (Å²) in [6, 6.07) is 0.125. The maximum atomic E-state index is 12.7. The Morgan fingerprint density at radius 3 is 2.61 bits per heavy atom. The summed E-state index contributed by atoms with van der Waals surface area (Å²) in [5.41, 5.74) is 0.400. The summed E-state index contributed by atoms with van der Waals surface area (Å²) in [7, 11) is 0. The van der Waals surface area contributed by atoms with E-state index in [0.717, 1.165) is 25.8 Å². The first-order valence-corrected chi connectivity index (χ1v) is 8.95. The molecular formula is C16H25BrN4O2. The van der Waals surface area contributed by atoms with Gasteiger partial charge in [0.15, 0.2) is 5.69 Å². The van der Waals surface area contributed by atoms with Crippen molar-refractivity contribution in [3.05, 3.63) is 10.2 Å². The van der Waals surface area contributed by atoms with Crippen LogP contribution in [0.15, 0.2) is 4.47 Å². The quantitative estimate of drug-likeness (QED) is 0.821. The average molecular weight is 385 g/mol. The molecule has 1 amide bonds. The predicted molar refractivity (Wildman–Crippen MR) is 91.8 cm³/mol. The Labute approximate surface area is 145 Å². The number of hydrogen-bond acceptors (Lipinski definition) is 4. The van der Waals surface area contributed by atoms with Gasteiger partial charge in [-0.1, -0.05) is 0 Å². The first-order chi connectivity index (χ1) is 10.7. The number of ether oxygens (including phenoxy) is 1. The van der Waals surface area contributed by atoms with Crippen molar-refractivity contribution in [2.45, 2.75) is 70.6 Å². The van der Waals surface area contributed by atoms with Crippen LogP contribution in [0, 0.1) is 0 Å². The van der Waals surface area contributed by atoms with Gasteiger partial charge in [0.05, 0.1) is 6.61 Å². The molecule has 1 fully saturated rings. The van der Waals surface area contributed by atoms with E-state index >= 15 is 0 Å². The second-order valence-corrected chi connectivity index (χ2v) is 8.66. The molecule has 2 N–H and O–H groups in total. The van der Waals surface area contributed by atoms with Crippen molar-refractivity contribution in [3.63, 3.8) is 0 Å². The van der Waals surface area contributed by atoms with Gasteiger partial charge in [0.1, 0.15) is 4.47 Å². The van der Waals surface area contributed by atoms with Crippen LogP contribution in [0.5, 0.6) is 5.88 Å². The molecular weight excluding hydrogens is 360 g/mol. The second-order valence-electron chi connectivity index (χ2n) is 7.86. The number of carbonyl (C=O) groups is 1. The highest BCUT2D eigenvalue weighted by atomic mass is 79.9. The second kappa shape index (κ2) is 5.77. The number of nitrogens with zero attached hydrogens (tertiary/aromatic N) is 2. The van der Waals surface area contributed by atoms with E-state index in [2.05, 4.69) is 59.4 Å². The van der Waals surface area contributed by atoms with Crippen molar-refractivity contribution in [1.29, 1.82) is 0 Å². The highest BCUT2D eigenvalue weighted by Crippen LogP contribution is 2.32. The monoisotopic (exact) mass is 384 g/mol. The van der Waals surface area contributed by atoms with Gasteiger partial charge in [-0.05, 0) is 56.5 Å². The Hall–Kier alpha value is -1.08. The van der Waals surface area contributed by atoms with Gasteiger partial charge in [0.2, 0.25) is 5.88 Å². The molecule has 0 spiro atoms. The summed E-state index contributed by atoms with van der Waals surface area (Å²) >= 11 is 3.47. The normalized spacial score (nSPS) is 23.0. The van der Waals surface area contributed by atoms with E-state index in [1.54, 1.807) is 4.68 Å². The van der Waals surface area contributed by atoms with Crippen LogP contribution < -0.4 is 15.4 Å². The summed E-state index contributed by atoms with van der Waals surface area (Å²) in [5.74, 6) is 0.522. The highest BCUT2D eigenvalue weighted by Gasteiger charge is 2.38. The third-order valence-electron chi connectivity index (χ3n) is 4.34. The number of hydrogen-bond donors (Lipinski definition) is 2. The van der Waals surface area contributed by atoms with Crippen molar-refractivity contribution in [2.75, 3.05) is 6.61 Å².